The fourth-order valence-corrected chi connectivity index (χ4v) is 2.01. The summed E-state index contributed by atoms with van der Waals surface area (Å²) in [5.74, 6) is 1.17. The molecule has 0 fully saturated rings. The predicted molar refractivity (Wildman–Crippen MR) is 49.7 cm³/mol. The molecule has 1 aromatic heterocycles. The predicted octanol–water partition coefficient (Wildman–Crippen LogP) is 1.27. The minimum Gasteiger partial charge on any atom is -0.331 e. The molecule has 0 unspecified atom stereocenters. The number of carbonyl (C=O) groups is 1. The van der Waals surface area contributed by atoms with Crippen LogP contribution in [-0.4, -0.2) is 15.8 Å². The van der Waals surface area contributed by atoms with Gasteiger partial charge in [0.1, 0.15) is 12.1 Å². The fourth-order valence-electron chi connectivity index (χ4n) is 2.01. The second kappa shape index (κ2) is 3.32. The highest BCUT2D eigenvalue weighted by molar-refractivity contribution is 5.54. The molecule has 1 aliphatic heterocycles. The lowest BCUT2D eigenvalue weighted by molar-refractivity contribution is -0.107. The molecule has 0 radical (unpaired) electrons. The number of carbonyl (C=O) groups excluding carboxylic acids is 1. The van der Waals surface area contributed by atoms with Crippen molar-refractivity contribution >= 4 is 6.29 Å². The van der Waals surface area contributed by atoms with Crippen molar-refractivity contribution in [3.63, 3.8) is 0 Å². The zero-order chi connectivity index (χ0) is 9.26. The topological polar surface area (TPSA) is 34.9 Å². The van der Waals surface area contributed by atoms with Crippen molar-refractivity contribution in [1.29, 1.82) is 0 Å². The van der Waals surface area contributed by atoms with Gasteiger partial charge in [-0.3, -0.25) is 0 Å². The Hall–Kier alpha value is -1.12. The van der Waals surface area contributed by atoms with Crippen molar-refractivity contribution in [2.45, 2.75) is 39.2 Å². The van der Waals surface area contributed by atoms with Gasteiger partial charge in [-0.25, -0.2) is 4.98 Å². The Kier molecular flexibility index (Phi) is 2.17. The SMILES string of the molecule is Cc1nc2n(c1CC=O)CCCC2. The van der Waals surface area contributed by atoms with E-state index in [4.69, 9.17) is 0 Å². The molecule has 3 nitrogen and oxygen atoms in total. The van der Waals surface area contributed by atoms with Gasteiger partial charge in [-0.05, 0) is 19.8 Å². The van der Waals surface area contributed by atoms with Crippen LogP contribution < -0.4 is 0 Å². The largest absolute Gasteiger partial charge is 0.331 e. The molecule has 70 valence electrons. The molecular formula is C10H14N2O. The van der Waals surface area contributed by atoms with Crippen LogP contribution in [0.5, 0.6) is 0 Å². The molecule has 0 aliphatic carbocycles. The quantitative estimate of drug-likeness (QED) is 0.639. The van der Waals surface area contributed by atoms with Crippen molar-refractivity contribution < 1.29 is 4.79 Å². The Balaban J connectivity index is 2.41. The molecule has 0 atom stereocenters. The fraction of sp³-hybridized carbons (Fsp3) is 0.600. The number of nitrogens with zero attached hydrogens (tertiary/aromatic N) is 2. The molecular weight excluding hydrogens is 164 g/mol. The van der Waals surface area contributed by atoms with Crippen molar-refractivity contribution in [2.75, 3.05) is 0 Å². The zero-order valence-electron chi connectivity index (χ0n) is 7.92. The number of aromatic nitrogens is 2. The normalized spacial score (nSPS) is 15.5. The summed E-state index contributed by atoms with van der Waals surface area (Å²) in [7, 11) is 0. The van der Waals surface area contributed by atoms with E-state index in [2.05, 4.69) is 9.55 Å². The van der Waals surface area contributed by atoms with Crippen LogP contribution in [0.15, 0.2) is 0 Å². The highest BCUT2D eigenvalue weighted by atomic mass is 16.1. The van der Waals surface area contributed by atoms with E-state index in [-0.39, 0.29) is 0 Å². The second-order valence-corrected chi connectivity index (χ2v) is 3.54. The number of hydrogen-bond donors (Lipinski definition) is 0. The number of rotatable bonds is 2. The van der Waals surface area contributed by atoms with Crippen LogP contribution in [0.4, 0.5) is 0 Å². The second-order valence-electron chi connectivity index (χ2n) is 3.54. The van der Waals surface area contributed by atoms with E-state index in [9.17, 15) is 4.79 Å². The third-order valence-corrected chi connectivity index (χ3v) is 2.66. The molecule has 0 amide bonds. The molecule has 3 heteroatoms. The van der Waals surface area contributed by atoms with Crippen molar-refractivity contribution in [3.8, 4) is 0 Å². The van der Waals surface area contributed by atoms with Crippen molar-refractivity contribution in [2.24, 2.45) is 0 Å². The van der Waals surface area contributed by atoms with E-state index in [0.717, 1.165) is 30.6 Å². The number of hydrogen-bond acceptors (Lipinski definition) is 2. The van der Waals surface area contributed by atoms with Gasteiger partial charge >= 0.3 is 0 Å². The first-order chi connectivity index (χ1) is 6.33. The molecule has 2 rings (SSSR count). The summed E-state index contributed by atoms with van der Waals surface area (Å²) in [6, 6.07) is 0. The van der Waals surface area contributed by atoms with Crippen LogP contribution in [0.3, 0.4) is 0 Å². The molecule has 0 N–H and O–H groups in total. The minimum absolute atomic E-state index is 0.513. The summed E-state index contributed by atoms with van der Waals surface area (Å²) in [4.78, 5) is 14.9. The van der Waals surface area contributed by atoms with Gasteiger partial charge in [0.2, 0.25) is 0 Å². The Labute approximate surface area is 77.8 Å². The van der Waals surface area contributed by atoms with Crippen molar-refractivity contribution in [3.05, 3.63) is 17.2 Å². The van der Waals surface area contributed by atoms with Crippen molar-refractivity contribution in [1.82, 2.24) is 9.55 Å². The molecule has 0 bridgehead atoms. The van der Waals surface area contributed by atoms with Crippen LogP contribution in [0, 0.1) is 6.92 Å². The van der Waals surface area contributed by atoms with Gasteiger partial charge in [0, 0.05) is 25.1 Å². The summed E-state index contributed by atoms with van der Waals surface area (Å²) >= 11 is 0. The summed E-state index contributed by atoms with van der Waals surface area (Å²) in [6.45, 7) is 3.03. The first kappa shape index (κ1) is 8.48. The molecule has 1 aliphatic rings. The van der Waals surface area contributed by atoms with Crippen LogP contribution >= 0.6 is 0 Å². The van der Waals surface area contributed by atoms with E-state index in [1.807, 2.05) is 6.92 Å². The summed E-state index contributed by atoms with van der Waals surface area (Å²) in [6.07, 6.45) is 5.00. The average molecular weight is 178 g/mol. The number of aldehydes is 1. The molecule has 0 aromatic carbocycles. The summed E-state index contributed by atoms with van der Waals surface area (Å²) < 4.78 is 2.22. The Bertz CT molecular complexity index is 328. The average Bonchev–Trinajstić information content (AvgIpc) is 2.44. The Morgan fingerprint density at radius 3 is 3.15 bits per heavy atom. The van der Waals surface area contributed by atoms with Crippen LogP contribution in [-0.2, 0) is 24.2 Å². The molecule has 0 saturated carbocycles. The van der Waals surface area contributed by atoms with Gasteiger partial charge < -0.3 is 9.36 Å². The number of aryl methyl sites for hydroxylation is 2. The maximum atomic E-state index is 10.5. The molecule has 1 aromatic rings. The first-order valence-corrected chi connectivity index (χ1v) is 4.81. The molecule has 13 heavy (non-hydrogen) atoms. The van der Waals surface area contributed by atoms with E-state index in [0.29, 0.717) is 6.42 Å². The molecule has 0 spiro atoms. The van der Waals surface area contributed by atoms with E-state index >= 15 is 0 Å². The third kappa shape index (κ3) is 1.39. The first-order valence-electron chi connectivity index (χ1n) is 4.81. The van der Waals surface area contributed by atoms with Gasteiger partial charge in [0.15, 0.2) is 0 Å². The summed E-state index contributed by atoms with van der Waals surface area (Å²) in [5, 5.41) is 0. The van der Waals surface area contributed by atoms with Gasteiger partial charge in [-0.2, -0.15) is 0 Å². The van der Waals surface area contributed by atoms with Gasteiger partial charge in [0.05, 0.1) is 5.69 Å². The lowest BCUT2D eigenvalue weighted by Gasteiger charge is -2.15. The number of fused-ring (bicyclic) bond motifs is 1. The molecule has 0 saturated heterocycles. The molecule has 2 heterocycles. The third-order valence-electron chi connectivity index (χ3n) is 2.66. The Morgan fingerprint density at radius 2 is 2.38 bits per heavy atom. The van der Waals surface area contributed by atoms with E-state index in [1.54, 1.807) is 0 Å². The maximum Gasteiger partial charge on any atom is 0.125 e. The standard InChI is InChI=1S/C10H14N2O/c1-8-9(5-7-13)12-6-3-2-4-10(12)11-8/h7H,2-6H2,1H3. The Morgan fingerprint density at radius 1 is 1.54 bits per heavy atom. The minimum atomic E-state index is 0.513. The lowest BCUT2D eigenvalue weighted by atomic mass is 10.1. The van der Waals surface area contributed by atoms with Gasteiger partial charge in [-0.15, -0.1) is 0 Å². The van der Waals surface area contributed by atoms with Crippen LogP contribution in [0.25, 0.3) is 0 Å². The zero-order valence-corrected chi connectivity index (χ0v) is 7.92. The van der Waals surface area contributed by atoms with Crippen LogP contribution in [0.2, 0.25) is 0 Å². The van der Waals surface area contributed by atoms with Gasteiger partial charge in [-0.1, -0.05) is 0 Å². The summed E-state index contributed by atoms with van der Waals surface area (Å²) in [5.41, 5.74) is 2.15. The smallest absolute Gasteiger partial charge is 0.125 e. The maximum absolute atomic E-state index is 10.5. The van der Waals surface area contributed by atoms with Gasteiger partial charge in [0.25, 0.3) is 0 Å². The highest BCUT2D eigenvalue weighted by Gasteiger charge is 2.16. The monoisotopic (exact) mass is 178 g/mol. The number of imidazole rings is 1. The lowest BCUT2D eigenvalue weighted by Crippen LogP contribution is -2.13. The van der Waals surface area contributed by atoms with E-state index in [1.165, 1.54) is 18.7 Å². The van der Waals surface area contributed by atoms with E-state index < -0.39 is 0 Å². The van der Waals surface area contributed by atoms with Crippen LogP contribution in [0.1, 0.15) is 30.1 Å². The highest BCUT2D eigenvalue weighted by Crippen LogP contribution is 2.19.